The van der Waals surface area contributed by atoms with E-state index in [4.69, 9.17) is 18.9 Å². The van der Waals surface area contributed by atoms with E-state index in [1.54, 1.807) is 45.2 Å². The van der Waals surface area contributed by atoms with Gasteiger partial charge in [-0.3, -0.25) is 4.79 Å². The number of thioether (sulfide) groups is 1. The number of para-hydroxylation sites is 2. The van der Waals surface area contributed by atoms with Crippen LogP contribution in [0.2, 0.25) is 0 Å². The summed E-state index contributed by atoms with van der Waals surface area (Å²) in [5, 5.41) is -0.220. The average Bonchev–Trinajstić information content (AvgIpc) is 3.33. The highest BCUT2D eigenvalue weighted by molar-refractivity contribution is 7.99. The number of rotatable bonds is 7. The lowest BCUT2D eigenvalue weighted by Crippen LogP contribution is -2.30. The quantitative estimate of drug-likeness (QED) is 0.480. The number of benzene rings is 3. The summed E-state index contributed by atoms with van der Waals surface area (Å²) in [5.41, 5.74) is 1.38. The van der Waals surface area contributed by atoms with E-state index in [9.17, 15) is 4.79 Å². The second-order valence-corrected chi connectivity index (χ2v) is 8.27. The minimum atomic E-state index is -0.220. The summed E-state index contributed by atoms with van der Waals surface area (Å²) in [4.78, 5) is 15.5. The van der Waals surface area contributed by atoms with Gasteiger partial charge in [0.15, 0.2) is 11.5 Å². The molecule has 1 heterocycles. The van der Waals surface area contributed by atoms with Crippen LogP contribution >= 0.6 is 11.8 Å². The molecule has 1 atom stereocenters. The maximum atomic E-state index is 13.7. The van der Waals surface area contributed by atoms with Gasteiger partial charge in [0.25, 0.3) is 5.91 Å². The Morgan fingerprint density at radius 1 is 0.844 bits per heavy atom. The molecule has 1 aliphatic rings. The summed E-state index contributed by atoms with van der Waals surface area (Å²) in [6.07, 6.45) is 0. The van der Waals surface area contributed by atoms with Crippen LogP contribution in [0.3, 0.4) is 0 Å². The zero-order valence-electron chi connectivity index (χ0n) is 18.2. The Kier molecular flexibility index (Phi) is 6.75. The molecule has 0 saturated carbocycles. The second kappa shape index (κ2) is 9.87. The Morgan fingerprint density at radius 2 is 1.50 bits per heavy atom. The molecule has 0 bridgehead atoms. The van der Waals surface area contributed by atoms with Crippen molar-refractivity contribution in [2.45, 2.75) is 5.37 Å². The Bertz CT molecular complexity index is 1090. The lowest BCUT2D eigenvalue weighted by atomic mass is 10.1. The first-order valence-corrected chi connectivity index (χ1v) is 11.3. The Hall–Kier alpha value is -3.32. The van der Waals surface area contributed by atoms with Gasteiger partial charge in [-0.25, -0.2) is 0 Å². The molecule has 3 aromatic carbocycles. The van der Waals surface area contributed by atoms with Crippen LogP contribution in [0.4, 0.5) is 0 Å². The van der Waals surface area contributed by atoms with Crippen LogP contribution in [0.5, 0.6) is 28.7 Å². The van der Waals surface area contributed by atoms with E-state index in [-0.39, 0.29) is 11.3 Å². The Morgan fingerprint density at radius 3 is 2.22 bits per heavy atom. The van der Waals surface area contributed by atoms with Crippen LogP contribution in [0.25, 0.3) is 0 Å². The third-order valence-electron chi connectivity index (χ3n) is 5.24. The SMILES string of the molecule is COc1cc(OC)c(C2SCCN2C(=O)c2ccccc2Oc2ccccc2)cc1OC. The number of nitrogens with zero attached hydrogens (tertiary/aromatic N) is 1. The van der Waals surface area contributed by atoms with E-state index in [0.29, 0.717) is 40.9 Å². The third-order valence-corrected chi connectivity index (χ3v) is 6.48. The van der Waals surface area contributed by atoms with Crippen molar-refractivity contribution in [1.82, 2.24) is 4.90 Å². The number of ether oxygens (including phenoxy) is 4. The van der Waals surface area contributed by atoms with Crippen molar-refractivity contribution in [3.63, 3.8) is 0 Å². The number of carbonyl (C=O) groups is 1. The van der Waals surface area contributed by atoms with E-state index < -0.39 is 0 Å². The largest absolute Gasteiger partial charge is 0.496 e. The molecule has 0 radical (unpaired) electrons. The minimum Gasteiger partial charge on any atom is -0.496 e. The van der Waals surface area contributed by atoms with E-state index in [2.05, 4.69) is 0 Å². The van der Waals surface area contributed by atoms with Gasteiger partial charge in [0, 0.05) is 23.9 Å². The van der Waals surface area contributed by atoms with E-state index >= 15 is 0 Å². The average molecular weight is 452 g/mol. The molecule has 1 amide bonds. The van der Waals surface area contributed by atoms with Gasteiger partial charge in [0.1, 0.15) is 22.6 Å². The van der Waals surface area contributed by atoms with Gasteiger partial charge < -0.3 is 23.8 Å². The predicted molar refractivity (Wildman–Crippen MR) is 125 cm³/mol. The van der Waals surface area contributed by atoms with Crippen LogP contribution < -0.4 is 18.9 Å². The summed E-state index contributed by atoms with van der Waals surface area (Å²) >= 11 is 1.69. The summed E-state index contributed by atoms with van der Waals surface area (Å²) in [6, 6.07) is 20.5. The van der Waals surface area contributed by atoms with Crippen molar-refractivity contribution in [2.75, 3.05) is 33.6 Å². The third kappa shape index (κ3) is 4.34. The molecular formula is C25H25NO5S. The van der Waals surface area contributed by atoms with Gasteiger partial charge in [0.05, 0.1) is 26.9 Å². The van der Waals surface area contributed by atoms with E-state index in [1.165, 1.54) is 0 Å². The first-order valence-electron chi connectivity index (χ1n) is 10.2. The van der Waals surface area contributed by atoms with Gasteiger partial charge in [0.2, 0.25) is 0 Å². The standard InChI is InChI=1S/C25H25NO5S/c1-28-21-16-23(30-3)22(29-2)15-19(21)25-26(13-14-32-25)24(27)18-11-7-8-12-20(18)31-17-9-5-4-6-10-17/h4-12,15-16,25H,13-14H2,1-3H3. The highest BCUT2D eigenvalue weighted by Crippen LogP contribution is 2.46. The van der Waals surface area contributed by atoms with Crippen molar-refractivity contribution < 1.29 is 23.7 Å². The van der Waals surface area contributed by atoms with E-state index in [1.807, 2.05) is 59.5 Å². The predicted octanol–water partition coefficient (Wildman–Crippen LogP) is 5.39. The fraction of sp³-hybridized carbons (Fsp3) is 0.240. The lowest BCUT2D eigenvalue weighted by molar-refractivity contribution is 0.0756. The van der Waals surface area contributed by atoms with Gasteiger partial charge >= 0.3 is 0 Å². The second-order valence-electron chi connectivity index (χ2n) is 7.08. The van der Waals surface area contributed by atoms with Crippen LogP contribution in [0, 0.1) is 0 Å². The maximum Gasteiger partial charge on any atom is 0.258 e. The molecule has 0 spiro atoms. The van der Waals surface area contributed by atoms with E-state index in [0.717, 1.165) is 11.3 Å². The number of hydrogen-bond donors (Lipinski definition) is 0. The molecule has 3 aromatic rings. The van der Waals surface area contributed by atoms with Crippen molar-refractivity contribution in [3.05, 3.63) is 77.9 Å². The summed E-state index contributed by atoms with van der Waals surface area (Å²) < 4.78 is 22.5. The fourth-order valence-electron chi connectivity index (χ4n) is 3.68. The highest BCUT2D eigenvalue weighted by atomic mass is 32.2. The zero-order valence-corrected chi connectivity index (χ0v) is 19.1. The van der Waals surface area contributed by atoms with Crippen LogP contribution in [-0.2, 0) is 0 Å². The molecule has 7 heteroatoms. The van der Waals surface area contributed by atoms with Gasteiger partial charge in [-0.05, 0) is 30.3 Å². The molecule has 0 aromatic heterocycles. The fourth-order valence-corrected chi connectivity index (χ4v) is 4.95. The molecule has 1 aliphatic heterocycles. The topological polar surface area (TPSA) is 57.2 Å². The van der Waals surface area contributed by atoms with Crippen molar-refractivity contribution in [1.29, 1.82) is 0 Å². The maximum absolute atomic E-state index is 13.7. The minimum absolute atomic E-state index is 0.0941. The molecule has 1 saturated heterocycles. The molecule has 32 heavy (non-hydrogen) atoms. The molecule has 4 rings (SSSR count). The number of amides is 1. The molecule has 1 unspecified atom stereocenters. The smallest absolute Gasteiger partial charge is 0.258 e. The number of methoxy groups -OCH3 is 3. The Labute approximate surface area is 192 Å². The van der Waals surface area contributed by atoms with Gasteiger partial charge in [-0.15, -0.1) is 11.8 Å². The number of carbonyl (C=O) groups excluding carboxylic acids is 1. The molecule has 166 valence electrons. The molecule has 6 nitrogen and oxygen atoms in total. The van der Waals surface area contributed by atoms with Crippen LogP contribution in [0.15, 0.2) is 66.7 Å². The van der Waals surface area contributed by atoms with Crippen molar-refractivity contribution in [3.8, 4) is 28.7 Å². The van der Waals surface area contributed by atoms with Gasteiger partial charge in [-0.1, -0.05) is 30.3 Å². The lowest BCUT2D eigenvalue weighted by Gasteiger charge is -2.27. The van der Waals surface area contributed by atoms with Crippen LogP contribution in [-0.4, -0.2) is 44.4 Å². The molecule has 0 aliphatic carbocycles. The first kappa shape index (κ1) is 21.9. The van der Waals surface area contributed by atoms with Gasteiger partial charge in [-0.2, -0.15) is 0 Å². The molecule has 0 N–H and O–H groups in total. The normalized spacial score (nSPS) is 15.3. The van der Waals surface area contributed by atoms with Crippen molar-refractivity contribution in [2.24, 2.45) is 0 Å². The summed E-state index contributed by atoms with van der Waals surface area (Å²) in [5.74, 6) is 3.75. The number of hydrogen-bond acceptors (Lipinski definition) is 6. The van der Waals surface area contributed by atoms with Crippen molar-refractivity contribution >= 4 is 17.7 Å². The van der Waals surface area contributed by atoms with Crippen LogP contribution in [0.1, 0.15) is 21.3 Å². The first-order chi connectivity index (χ1) is 15.7. The molecule has 1 fully saturated rings. The Balaban J connectivity index is 1.67. The monoisotopic (exact) mass is 451 g/mol. The summed E-state index contributed by atoms with van der Waals surface area (Å²) in [7, 11) is 4.79. The highest BCUT2D eigenvalue weighted by Gasteiger charge is 2.35. The molecular weight excluding hydrogens is 426 g/mol. The summed E-state index contributed by atoms with van der Waals surface area (Å²) in [6.45, 7) is 0.616. The zero-order chi connectivity index (χ0) is 22.5.